The molecule has 0 amide bonds. The molecule has 0 aromatic carbocycles. The summed E-state index contributed by atoms with van der Waals surface area (Å²) in [6.45, 7) is 0.380. The van der Waals surface area contributed by atoms with Gasteiger partial charge in [0.05, 0.1) is 12.1 Å². The molecule has 2 rings (SSSR count). The lowest BCUT2D eigenvalue weighted by molar-refractivity contribution is -0.0678. The SMILES string of the molecule is N=Cc1cnc(NC[C@H]2CCNCC2(F)F)nc1N. The predicted octanol–water partition coefficient (Wildman–Crippen LogP) is 0.713. The topological polar surface area (TPSA) is 99.7 Å². The zero-order chi connectivity index (χ0) is 13.9. The Morgan fingerprint density at radius 2 is 2.42 bits per heavy atom. The Morgan fingerprint density at radius 1 is 1.63 bits per heavy atom. The van der Waals surface area contributed by atoms with Crippen LogP contribution in [0, 0.1) is 11.3 Å². The summed E-state index contributed by atoms with van der Waals surface area (Å²) in [7, 11) is 0. The standard InChI is InChI=1S/C11H16F2N6/c12-11(13)6-16-2-1-8(11)5-18-10-17-4-7(3-14)9(15)19-10/h3-4,8,14,16H,1-2,5-6H2,(H3,15,17,18,19)/t8-/m1/s1. The first-order chi connectivity index (χ1) is 9.03. The third kappa shape index (κ3) is 3.14. The van der Waals surface area contributed by atoms with E-state index >= 15 is 0 Å². The van der Waals surface area contributed by atoms with Crippen LogP contribution >= 0.6 is 0 Å². The highest BCUT2D eigenvalue weighted by molar-refractivity contribution is 5.82. The highest BCUT2D eigenvalue weighted by Gasteiger charge is 2.41. The fraction of sp³-hybridized carbons (Fsp3) is 0.545. The van der Waals surface area contributed by atoms with Gasteiger partial charge in [-0.1, -0.05) is 0 Å². The zero-order valence-corrected chi connectivity index (χ0v) is 10.3. The van der Waals surface area contributed by atoms with E-state index in [1.54, 1.807) is 0 Å². The second-order valence-electron chi connectivity index (χ2n) is 4.48. The van der Waals surface area contributed by atoms with Gasteiger partial charge in [0.15, 0.2) is 0 Å². The molecule has 1 aromatic heterocycles. The molecule has 1 atom stereocenters. The molecule has 1 aliphatic heterocycles. The molecule has 0 unspecified atom stereocenters. The van der Waals surface area contributed by atoms with Gasteiger partial charge in [0.25, 0.3) is 5.92 Å². The molecule has 8 heteroatoms. The summed E-state index contributed by atoms with van der Waals surface area (Å²) in [5.41, 5.74) is 5.99. The van der Waals surface area contributed by atoms with E-state index in [-0.39, 0.29) is 24.9 Å². The monoisotopic (exact) mass is 270 g/mol. The highest BCUT2D eigenvalue weighted by atomic mass is 19.3. The maximum atomic E-state index is 13.6. The molecule has 19 heavy (non-hydrogen) atoms. The summed E-state index contributed by atoms with van der Waals surface area (Å²) >= 11 is 0. The number of nitrogens with two attached hydrogens (primary N) is 1. The largest absolute Gasteiger partial charge is 0.383 e. The first kappa shape index (κ1) is 13.6. The number of piperidine rings is 1. The van der Waals surface area contributed by atoms with Crippen LogP contribution in [0.3, 0.4) is 0 Å². The average molecular weight is 270 g/mol. The fourth-order valence-electron chi connectivity index (χ4n) is 1.95. The van der Waals surface area contributed by atoms with Gasteiger partial charge in [-0.05, 0) is 13.0 Å². The fourth-order valence-corrected chi connectivity index (χ4v) is 1.95. The van der Waals surface area contributed by atoms with Gasteiger partial charge in [0.1, 0.15) is 5.82 Å². The van der Waals surface area contributed by atoms with Crippen LogP contribution in [-0.4, -0.2) is 41.7 Å². The number of halogens is 2. The maximum absolute atomic E-state index is 13.6. The van der Waals surface area contributed by atoms with E-state index < -0.39 is 11.8 Å². The lowest BCUT2D eigenvalue weighted by Gasteiger charge is -2.31. The summed E-state index contributed by atoms with van der Waals surface area (Å²) in [6.07, 6.45) is 2.83. The Morgan fingerprint density at radius 3 is 3.05 bits per heavy atom. The van der Waals surface area contributed by atoms with Crippen LogP contribution in [0.2, 0.25) is 0 Å². The van der Waals surface area contributed by atoms with Crippen molar-refractivity contribution >= 4 is 18.0 Å². The quantitative estimate of drug-likeness (QED) is 0.604. The summed E-state index contributed by atoms with van der Waals surface area (Å²) in [5, 5.41) is 12.5. The first-order valence-electron chi connectivity index (χ1n) is 5.98. The molecule has 0 radical (unpaired) electrons. The van der Waals surface area contributed by atoms with Gasteiger partial charge in [-0.15, -0.1) is 0 Å². The van der Waals surface area contributed by atoms with Gasteiger partial charge in [-0.2, -0.15) is 4.98 Å². The van der Waals surface area contributed by atoms with Gasteiger partial charge < -0.3 is 21.8 Å². The van der Waals surface area contributed by atoms with Crippen molar-refractivity contribution in [3.63, 3.8) is 0 Å². The van der Waals surface area contributed by atoms with Crippen molar-refractivity contribution in [1.29, 1.82) is 5.41 Å². The molecular formula is C11H16F2N6. The highest BCUT2D eigenvalue weighted by Crippen LogP contribution is 2.29. The van der Waals surface area contributed by atoms with Crippen LogP contribution in [-0.2, 0) is 0 Å². The van der Waals surface area contributed by atoms with Crippen molar-refractivity contribution in [2.75, 3.05) is 30.7 Å². The second kappa shape index (κ2) is 5.43. The maximum Gasteiger partial charge on any atom is 0.264 e. The number of hydrogen-bond donors (Lipinski definition) is 4. The number of hydrogen-bond acceptors (Lipinski definition) is 6. The van der Waals surface area contributed by atoms with Gasteiger partial charge in [0.2, 0.25) is 5.95 Å². The summed E-state index contributed by atoms with van der Waals surface area (Å²) in [4.78, 5) is 7.85. The van der Waals surface area contributed by atoms with Crippen molar-refractivity contribution in [3.8, 4) is 0 Å². The molecule has 0 saturated carbocycles. The van der Waals surface area contributed by atoms with E-state index in [1.807, 2.05) is 0 Å². The zero-order valence-electron chi connectivity index (χ0n) is 10.3. The molecule has 5 N–H and O–H groups in total. The number of nitrogen functional groups attached to an aromatic ring is 1. The van der Waals surface area contributed by atoms with Crippen LogP contribution in [0.1, 0.15) is 12.0 Å². The van der Waals surface area contributed by atoms with E-state index in [2.05, 4.69) is 20.6 Å². The molecule has 104 valence electrons. The minimum Gasteiger partial charge on any atom is -0.383 e. The number of alkyl halides is 2. The van der Waals surface area contributed by atoms with Crippen LogP contribution in [0.4, 0.5) is 20.5 Å². The molecule has 1 fully saturated rings. The van der Waals surface area contributed by atoms with Crippen LogP contribution < -0.4 is 16.4 Å². The summed E-state index contributed by atoms with van der Waals surface area (Å²) in [5.74, 6) is -3.12. The lowest BCUT2D eigenvalue weighted by Crippen LogP contribution is -2.48. The Balaban J connectivity index is 1.98. The molecule has 0 bridgehead atoms. The minimum atomic E-state index is -2.73. The Labute approximate surface area is 109 Å². The number of aromatic nitrogens is 2. The second-order valence-corrected chi connectivity index (χ2v) is 4.48. The predicted molar refractivity (Wildman–Crippen MR) is 68.7 cm³/mol. The van der Waals surface area contributed by atoms with E-state index in [0.717, 1.165) is 6.21 Å². The molecule has 6 nitrogen and oxygen atoms in total. The van der Waals surface area contributed by atoms with Gasteiger partial charge >= 0.3 is 0 Å². The smallest absolute Gasteiger partial charge is 0.264 e. The minimum absolute atomic E-state index is 0.0953. The molecular weight excluding hydrogens is 254 g/mol. The van der Waals surface area contributed by atoms with Gasteiger partial charge in [0, 0.05) is 24.9 Å². The molecule has 2 heterocycles. The van der Waals surface area contributed by atoms with Crippen LogP contribution in [0.25, 0.3) is 0 Å². The average Bonchev–Trinajstić information content (AvgIpc) is 2.37. The summed E-state index contributed by atoms with van der Waals surface area (Å²) < 4.78 is 27.1. The Kier molecular flexibility index (Phi) is 3.89. The van der Waals surface area contributed by atoms with E-state index in [1.165, 1.54) is 6.20 Å². The molecule has 0 aliphatic carbocycles. The summed E-state index contributed by atoms with van der Waals surface area (Å²) in [6, 6.07) is 0. The van der Waals surface area contributed by atoms with Crippen molar-refractivity contribution in [2.45, 2.75) is 12.3 Å². The van der Waals surface area contributed by atoms with Crippen LogP contribution in [0.5, 0.6) is 0 Å². The van der Waals surface area contributed by atoms with Crippen molar-refractivity contribution in [2.24, 2.45) is 5.92 Å². The van der Waals surface area contributed by atoms with Crippen molar-refractivity contribution < 1.29 is 8.78 Å². The number of rotatable bonds is 4. The Hall–Kier alpha value is -1.83. The van der Waals surface area contributed by atoms with Crippen molar-refractivity contribution in [3.05, 3.63) is 11.8 Å². The van der Waals surface area contributed by atoms with E-state index in [4.69, 9.17) is 11.1 Å². The molecule has 0 spiro atoms. The number of anilines is 2. The molecule has 1 saturated heterocycles. The van der Waals surface area contributed by atoms with Crippen LogP contribution in [0.15, 0.2) is 6.20 Å². The number of nitrogens with one attached hydrogen (secondary N) is 3. The Bertz CT molecular complexity index is 464. The van der Waals surface area contributed by atoms with Crippen molar-refractivity contribution in [1.82, 2.24) is 15.3 Å². The lowest BCUT2D eigenvalue weighted by atomic mass is 9.94. The van der Waals surface area contributed by atoms with Gasteiger partial charge in [-0.3, -0.25) is 0 Å². The van der Waals surface area contributed by atoms with Gasteiger partial charge in [-0.25, -0.2) is 13.8 Å². The first-order valence-corrected chi connectivity index (χ1v) is 5.98. The van der Waals surface area contributed by atoms with E-state index in [9.17, 15) is 8.78 Å². The normalized spacial score (nSPS) is 21.9. The van der Waals surface area contributed by atoms with E-state index in [0.29, 0.717) is 18.5 Å². The third-order valence-corrected chi connectivity index (χ3v) is 3.14. The molecule has 1 aromatic rings. The number of nitrogens with zero attached hydrogens (tertiary/aromatic N) is 2. The molecule has 1 aliphatic rings. The third-order valence-electron chi connectivity index (χ3n) is 3.14.